The summed E-state index contributed by atoms with van der Waals surface area (Å²) in [5.74, 6) is 0.972. The molecular formula is C21H20ClN3O3S. The Morgan fingerprint density at radius 1 is 1.14 bits per heavy atom. The lowest BCUT2D eigenvalue weighted by Crippen LogP contribution is -3.00. The maximum atomic E-state index is 11.8. The number of furan rings is 1. The van der Waals surface area contributed by atoms with Crippen LogP contribution in [0.4, 0.5) is 5.82 Å². The van der Waals surface area contributed by atoms with Gasteiger partial charge < -0.3 is 21.9 Å². The van der Waals surface area contributed by atoms with Crippen LogP contribution < -0.4 is 17.7 Å². The zero-order chi connectivity index (χ0) is 19.5. The van der Waals surface area contributed by atoms with Gasteiger partial charge in [-0.05, 0) is 24.1 Å². The summed E-state index contributed by atoms with van der Waals surface area (Å²) in [6, 6.07) is 16.7. The van der Waals surface area contributed by atoms with E-state index < -0.39 is 12.0 Å². The van der Waals surface area contributed by atoms with Crippen LogP contribution in [0.1, 0.15) is 6.42 Å². The van der Waals surface area contributed by atoms with Crippen molar-refractivity contribution < 1.29 is 32.0 Å². The van der Waals surface area contributed by atoms with Crippen LogP contribution in [0.5, 0.6) is 0 Å². The van der Waals surface area contributed by atoms with Crippen molar-refractivity contribution in [1.82, 2.24) is 9.97 Å². The predicted molar refractivity (Wildman–Crippen MR) is 111 cm³/mol. The minimum absolute atomic E-state index is 0. The van der Waals surface area contributed by atoms with Gasteiger partial charge in [-0.3, -0.25) is 5.32 Å². The average molecular weight is 430 g/mol. The molecule has 2 aromatic carbocycles. The summed E-state index contributed by atoms with van der Waals surface area (Å²) in [4.78, 5) is 21.2. The Kier molecular flexibility index (Phi) is 6.74. The molecular weight excluding hydrogens is 410 g/mol. The smallest absolute Gasteiger partial charge is 0.362 e. The van der Waals surface area contributed by atoms with Gasteiger partial charge in [-0.15, -0.1) is 0 Å². The molecule has 8 heteroatoms. The molecule has 0 aliphatic heterocycles. The highest BCUT2D eigenvalue weighted by molar-refractivity contribution is 7.98. The molecule has 29 heavy (non-hydrogen) atoms. The zero-order valence-electron chi connectivity index (χ0n) is 15.7. The molecule has 0 bridgehead atoms. The number of rotatable bonds is 7. The highest BCUT2D eigenvalue weighted by atomic mass is 35.5. The molecule has 0 saturated carbocycles. The molecule has 0 spiro atoms. The van der Waals surface area contributed by atoms with Crippen LogP contribution in [0, 0.1) is 0 Å². The first-order valence-electron chi connectivity index (χ1n) is 8.98. The zero-order valence-corrected chi connectivity index (χ0v) is 17.3. The number of aromatic nitrogens is 2. The molecule has 2 aromatic heterocycles. The van der Waals surface area contributed by atoms with Crippen molar-refractivity contribution >= 4 is 45.6 Å². The summed E-state index contributed by atoms with van der Waals surface area (Å²) in [6.45, 7) is 0. The Morgan fingerprint density at radius 3 is 2.59 bits per heavy atom. The van der Waals surface area contributed by atoms with Crippen LogP contribution in [-0.4, -0.2) is 39.1 Å². The van der Waals surface area contributed by atoms with Gasteiger partial charge in [0.05, 0.1) is 0 Å². The molecule has 1 unspecified atom stereocenters. The minimum atomic E-state index is -0.863. The number of thioether (sulfide) groups is 1. The maximum absolute atomic E-state index is 11.8. The van der Waals surface area contributed by atoms with E-state index in [9.17, 15) is 9.90 Å². The van der Waals surface area contributed by atoms with Crippen LogP contribution in [0.2, 0.25) is 0 Å². The summed E-state index contributed by atoms with van der Waals surface area (Å²) in [6.07, 6.45) is 2.50. The number of benzene rings is 2. The third-order valence-electron chi connectivity index (χ3n) is 4.59. The van der Waals surface area contributed by atoms with E-state index in [4.69, 9.17) is 9.40 Å². The molecule has 0 aliphatic carbocycles. The van der Waals surface area contributed by atoms with E-state index in [1.165, 1.54) is 0 Å². The second kappa shape index (κ2) is 9.26. The summed E-state index contributed by atoms with van der Waals surface area (Å²) in [5.41, 5.74) is 2.81. The second-order valence-electron chi connectivity index (χ2n) is 6.47. The summed E-state index contributed by atoms with van der Waals surface area (Å²) in [7, 11) is 0. The van der Waals surface area contributed by atoms with Gasteiger partial charge in [0.15, 0.2) is 11.9 Å². The van der Waals surface area contributed by atoms with Crippen molar-refractivity contribution in [3.63, 3.8) is 0 Å². The van der Waals surface area contributed by atoms with E-state index in [1.807, 2.05) is 60.9 Å². The van der Waals surface area contributed by atoms with E-state index in [0.29, 0.717) is 34.7 Å². The standard InChI is InChI=1S/C21H19N3O3S.ClH/c1-28-12-11-15(21(25)26)22-20-18-17(14-9-5-6-10-16(14)27-18)23-19(24-20)13-7-3-2-4-8-13;/h2-10,15H,11-12H2,1H3,(H,25,26)(H,22,23,24);1H. The van der Waals surface area contributed by atoms with Gasteiger partial charge in [0.1, 0.15) is 11.1 Å². The van der Waals surface area contributed by atoms with E-state index in [2.05, 4.69) is 4.98 Å². The fourth-order valence-electron chi connectivity index (χ4n) is 3.16. The highest BCUT2D eigenvalue weighted by Gasteiger charge is 2.26. The average Bonchev–Trinajstić information content (AvgIpc) is 3.10. The number of para-hydroxylation sites is 1. The fraction of sp³-hybridized carbons (Fsp3) is 0.190. The van der Waals surface area contributed by atoms with E-state index in [1.54, 1.807) is 17.1 Å². The molecule has 0 fully saturated rings. The van der Waals surface area contributed by atoms with Crippen LogP contribution in [0.25, 0.3) is 33.5 Å². The Balaban J connectivity index is 0.00000240. The third-order valence-corrected chi connectivity index (χ3v) is 5.23. The second-order valence-corrected chi connectivity index (χ2v) is 7.45. The van der Waals surface area contributed by atoms with Crippen molar-refractivity contribution in [1.29, 1.82) is 0 Å². The first-order valence-corrected chi connectivity index (χ1v) is 10.4. The van der Waals surface area contributed by atoms with Crippen molar-refractivity contribution in [3.05, 3.63) is 54.6 Å². The third kappa shape index (κ3) is 4.37. The number of hydrogen-bond donors (Lipinski definition) is 2. The van der Waals surface area contributed by atoms with Gasteiger partial charge in [0.2, 0.25) is 5.58 Å². The quantitative estimate of drug-likeness (QED) is 0.443. The Morgan fingerprint density at radius 2 is 1.86 bits per heavy atom. The topological polar surface area (TPSA) is 92.8 Å². The number of quaternary nitrogens is 1. The monoisotopic (exact) mass is 429 g/mol. The van der Waals surface area contributed by atoms with Crippen LogP contribution in [0.15, 0.2) is 59.0 Å². The number of hydrogen-bond acceptors (Lipinski definition) is 5. The van der Waals surface area contributed by atoms with Gasteiger partial charge in [-0.2, -0.15) is 16.7 Å². The lowest BCUT2D eigenvalue weighted by molar-refractivity contribution is -0.601. The molecule has 3 N–H and O–H groups in total. The molecule has 0 aliphatic rings. The Labute approximate surface area is 178 Å². The van der Waals surface area contributed by atoms with Crippen LogP contribution in [-0.2, 0) is 4.79 Å². The van der Waals surface area contributed by atoms with Crippen molar-refractivity contribution in [2.24, 2.45) is 0 Å². The van der Waals surface area contributed by atoms with Gasteiger partial charge in [0, 0.05) is 17.4 Å². The largest absolute Gasteiger partial charge is 1.00 e. The molecule has 4 rings (SSSR count). The Bertz CT molecular complexity index is 1130. The number of carboxylic acid groups (broad SMARTS) is 1. The molecule has 0 radical (unpaired) electrons. The molecule has 0 amide bonds. The summed E-state index contributed by atoms with van der Waals surface area (Å²) in [5, 5.41) is 12.2. The normalized spacial score (nSPS) is 12.0. The number of nitrogens with zero attached hydrogens (tertiary/aromatic N) is 2. The molecule has 0 saturated heterocycles. The van der Waals surface area contributed by atoms with Gasteiger partial charge in [-0.1, -0.05) is 42.5 Å². The number of aliphatic carboxylic acids is 1. The van der Waals surface area contributed by atoms with Gasteiger partial charge in [0.25, 0.3) is 5.82 Å². The van der Waals surface area contributed by atoms with Crippen LogP contribution >= 0.6 is 11.8 Å². The molecule has 4 aromatic rings. The molecule has 150 valence electrons. The lowest BCUT2D eigenvalue weighted by Gasteiger charge is -2.10. The SMILES string of the molecule is CSCCC([NH2+]c1nc(-c2ccccc2)nc2c1oc1ccccc12)C(=O)O.[Cl-]. The summed E-state index contributed by atoms with van der Waals surface area (Å²) >= 11 is 1.63. The number of carboxylic acids is 1. The number of carbonyl (C=O) groups is 1. The molecule has 2 heterocycles. The number of fused-ring (bicyclic) bond motifs is 3. The van der Waals surface area contributed by atoms with Crippen molar-refractivity contribution in [3.8, 4) is 11.4 Å². The number of nitrogens with two attached hydrogens (primary N) is 1. The molecule has 1 atom stereocenters. The van der Waals surface area contributed by atoms with E-state index in [0.717, 1.165) is 16.7 Å². The van der Waals surface area contributed by atoms with Crippen LogP contribution in [0.3, 0.4) is 0 Å². The van der Waals surface area contributed by atoms with Gasteiger partial charge >= 0.3 is 5.97 Å². The van der Waals surface area contributed by atoms with E-state index >= 15 is 0 Å². The first-order chi connectivity index (χ1) is 13.7. The highest BCUT2D eigenvalue weighted by Crippen LogP contribution is 2.31. The first kappa shape index (κ1) is 21.1. The lowest BCUT2D eigenvalue weighted by atomic mass is 10.2. The molecule has 6 nitrogen and oxygen atoms in total. The minimum Gasteiger partial charge on any atom is -1.00 e. The number of halogens is 1. The summed E-state index contributed by atoms with van der Waals surface area (Å²) < 4.78 is 6.01. The fourth-order valence-corrected chi connectivity index (χ4v) is 3.64. The maximum Gasteiger partial charge on any atom is 0.362 e. The van der Waals surface area contributed by atoms with Crippen molar-refractivity contribution in [2.75, 3.05) is 12.0 Å². The van der Waals surface area contributed by atoms with E-state index in [-0.39, 0.29) is 12.4 Å². The van der Waals surface area contributed by atoms with Crippen molar-refractivity contribution in [2.45, 2.75) is 12.5 Å². The predicted octanol–water partition coefficient (Wildman–Crippen LogP) is 0.448. The van der Waals surface area contributed by atoms with Gasteiger partial charge in [-0.25, -0.2) is 9.78 Å². The Hall–Kier alpha value is -2.61.